The zero-order valence-corrected chi connectivity index (χ0v) is 9.97. The molecule has 0 aliphatic heterocycles. The summed E-state index contributed by atoms with van der Waals surface area (Å²) in [5, 5.41) is 2.85. The van der Waals surface area contributed by atoms with Crippen molar-refractivity contribution in [2.45, 2.75) is 63.9 Å². The first-order chi connectivity index (χ1) is 5.33. The summed E-state index contributed by atoms with van der Waals surface area (Å²) in [6, 6.07) is 0. The normalized spacial score (nSPS) is 8.36. The van der Waals surface area contributed by atoms with Gasteiger partial charge in [-0.25, -0.2) is 0 Å². The predicted octanol–water partition coefficient (Wildman–Crippen LogP) is 4.15. The maximum atomic E-state index is 2.25. The van der Waals surface area contributed by atoms with E-state index in [1.807, 2.05) is 0 Å². The van der Waals surface area contributed by atoms with Crippen molar-refractivity contribution < 1.29 is 0 Å². The molecular weight excluding hydrogens is 147 g/mol. The molecule has 0 aromatic heterocycles. The van der Waals surface area contributed by atoms with E-state index < -0.39 is 0 Å². The average molecular weight is 171 g/mol. The summed E-state index contributed by atoms with van der Waals surface area (Å²) in [5.41, 5.74) is 0. The van der Waals surface area contributed by atoms with Crippen LogP contribution in [0.2, 0.25) is 10.6 Å². The van der Waals surface area contributed by atoms with Gasteiger partial charge in [0, 0.05) is 0 Å². The van der Waals surface area contributed by atoms with E-state index in [0.717, 1.165) is 15.2 Å². The van der Waals surface area contributed by atoms with Crippen LogP contribution in [0.3, 0.4) is 0 Å². The van der Waals surface area contributed by atoms with Gasteiger partial charge >= 0.3 is 0 Å². The molecular formula is C10H24Al. The molecule has 0 spiro atoms. The van der Waals surface area contributed by atoms with Gasteiger partial charge in [-0.1, -0.05) is 53.4 Å². The molecule has 0 amide bonds. The summed E-state index contributed by atoms with van der Waals surface area (Å²) in [6.45, 7) is 8.96. The van der Waals surface area contributed by atoms with Gasteiger partial charge < -0.3 is 0 Å². The van der Waals surface area contributed by atoms with Crippen LogP contribution in [0.4, 0.5) is 0 Å². The van der Waals surface area contributed by atoms with Gasteiger partial charge in [-0.15, -0.1) is 10.6 Å². The Balaban J connectivity index is 0. The molecule has 0 fully saturated rings. The second kappa shape index (κ2) is 16.9. The molecule has 1 radical (unpaired) electrons. The van der Waals surface area contributed by atoms with Crippen molar-refractivity contribution in [3.8, 4) is 0 Å². The molecule has 0 aliphatic rings. The largest absolute Gasteiger partial charge is 0.198 e. The van der Waals surface area contributed by atoms with E-state index in [1.54, 1.807) is 0 Å². The van der Waals surface area contributed by atoms with Gasteiger partial charge in [-0.2, -0.15) is 0 Å². The number of unbranched alkanes of at least 4 members (excludes halogenated alkanes) is 3. The fraction of sp³-hybridized carbons (Fsp3) is 1.00. The average Bonchev–Trinajstić information content (AvgIpc) is 2.04. The van der Waals surface area contributed by atoms with Gasteiger partial charge in [0.05, 0.1) is 0 Å². The van der Waals surface area contributed by atoms with Crippen molar-refractivity contribution in [3.05, 3.63) is 0 Å². The maximum Gasteiger partial charge on any atom is 0.198 e. The molecule has 0 bridgehead atoms. The first-order valence-corrected chi connectivity index (χ1v) is 6.78. The summed E-state index contributed by atoms with van der Waals surface area (Å²) in [5.74, 6) is 0. The first-order valence-electron chi connectivity index (χ1n) is 5.14. The monoisotopic (exact) mass is 171 g/mol. The molecule has 0 aromatic rings. The van der Waals surface area contributed by atoms with Crippen LogP contribution >= 0.6 is 0 Å². The third kappa shape index (κ3) is 25.1. The topological polar surface area (TPSA) is 0 Å². The van der Waals surface area contributed by atoms with E-state index in [4.69, 9.17) is 0 Å². The van der Waals surface area contributed by atoms with E-state index in [1.165, 1.54) is 36.2 Å². The number of rotatable bonds is 5. The highest BCUT2D eigenvalue weighted by molar-refractivity contribution is 6.34. The second-order valence-corrected chi connectivity index (χ2v) is 5.02. The van der Waals surface area contributed by atoms with Crippen LogP contribution in [-0.4, -0.2) is 15.2 Å². The van der Waals surface area contributed by atoms with Crippen LogP contribution < -0.4 is 0 Å². The van der Waals surface area contributed by atoms with Gasteiger partial charge in [0.15, 0.2) is 15.2 Å². The lowest BCUT2D eigenvalue weighted by atomic mass is 10.2. The van der Waals surface area contributed by atoms with E-state index in [9.17, 15) is 0 Å². The lowest BCUT2D eigenvalue weighted by Crippen LogP contribution is -1.76. The van der Waals surface area contributed by atoms with Crippen molar-refractivity contribution in [3.63, 3.8) is 0 Å². The fourth-order valence-electron chi connectivity index (χ4n) is 0.789. The minimum atomic E-state index is 0.815. The SMILES string of the molecule is CCCCCC.C[CH2][Al][CH2]C. The third-order valence-corrected chi connectivity index (χ3v) is 2.69. The fourth-order valence-corrected chi connectivity index (χ4v) is 1.37. The Morgan fingerprint density at radius 1 is 0.727 bits per heavy atom. The molecule has 0 aliphatic carbocycles. The molecule has 0 saturated carbocycles. The second-order valence-electron chi connectivity index (χ2n) is 2.81. The van der Waals surface area contributed by atoms with E-state index in [-0.39, 0.29) is 0 Å². The molecule has 0 unspecified atom stereocenters. The molecule has 0 atom stereocenters. The molecule has 0 nitrogen and oxygen atoms in total. The van der Waals surface area contributed by atoms with Crippen molar-refractivity contribution >= 4 is 15.2 Å². The van der Waals surface area contributed by atoms with Crippen LogP contribution in [-0.2, 0) is 0 Å². The number of hydrogen-bond donors (Lipinski definition) is 0. The van der Waals surface area contributed by atoms with Crippen LogP contribution in [0.25, 0.3) is 0 Å². The Bertz CT molecular complexity index is 38.1. The molecule has 67 valence electrons. The van der Waals surface area contributed by atoms with Crippen molar-refractivity contribution in [2.75, 3.05) is 0 Å². The van der Waals surface area contributed by atoms with Gasteiger partial charge in [0.25, 0.3) is 0 Å². The van der Waals surface area contributed by atoms with E-state index in [2.05, 4.69) is 27.7 Å². The van der Waals surface area contributed by atoms with E-state index >= 15 is 0 Å². The van der Waals surface area contributed by atoms with Crippen LogP contribution in [0.15, 0.2) is 0 Å². The number of hydrogen-bond acceptors (Lipinski definition) is 0. The Labute approximate surface area is 79.5 Å². The van der Waals surface area contributed by atoms with Crippen molar-refractivity contribution in [1.82, 2.24) is 0 Å². The first kappa shape index (κ1) is 14.1. The molecule has 0 N–H and O–H groups in total. The predicted molar refractivity (Wildman–Crippen MR) is 56.5 cm³/mol. The van der Waals surface area contributed by atoms with Gasteiger partial charge in [0.2, 0.25) is 0 Å². The summed E-state index contributed by atoms with van der Waals surface area (Å²) in [6.07, 6.45) is 5.54. The van der Waals surface area contributed by atoms with Crippen LogP contribution in [0.5, 0.6) is 0 Å². The van der Waals surface area contributed by atoms with Gasteiger partial charge in [0.1, 0.15) is 0 Å². The highest BCUT2D eigenvalue weighted by Crippen LogP contribution is 1.95. The zero-order chi connectivity index (χ0) is 8.95. The molecule has 1 heteroatoms. The zero-order valence-electron chi connectivity index (χ0n) is 8.82. The molecule has 0 rings (SSSR count). The van der Waals surface area contributed by atoms with Gasteiger partial charge in [-0.05, 0) is 0 Å². The Kier molecular flexibility index (Phi) is 21.6. The summed E-state index contributed by atoms with van der Waals surface area (Å²) >= 11 is 0.815. The highest BCUT2D eigenvalue weighted by Gasteiger charge is 1.75. The Morgan fingerprint density at radius 2 is 1.09 bits per heavy atom. The molecule has 0 saturated heterocycles. The quantitative estimate of drug-likeness (QED) is 0.430. The molecule has 0 aromatic carbocycles. The smallest absolute Gasteiger partial charge is 0.106 e. The van der Waals surface area contributed by atoms with Crippen molar-refractivity contribution in [1.29, 1.82) is 0 Å². The summed E-state index contributed by atoms with van der Waals surface area (Å²) in [4.78, 5) is 0. The molecule has 0 heterocycles. The third-order valence-electron chi connectivity index (χ3n) is 1.53. The molecule has 11 heavy (non-hydrogen) atoms. The summed E-state index contributed by atoms with van der Waals surface area (Å²) < 4.78 is 0. The minimum Gasteiger partial charge on any atom is -0.106 e. The van der Waals surface area contributed by atoms with Gasteiger partial charge in [-0.3, -0.25) is 0 Å². The standard InChI is InChI=1S/C6H14.2C2H5.Al/c1-3-5-6-4-2;2*1-2;/h3-6H2,1-2H3;2*1H2,2H3;. The van der Waals surface area contributed by atoms with Crippen LogP contribution in [0.1, 0.15) is 53.4 Å². The Hall–Kier alpha value is 0.532. The Morgan fingerprint density at radius 3 is 1.18 bits per heavy atom. The minimum absolute atomic E-state index is 0.815. The highest BCUT2D eigenvalue weighted by atomic mass is 27.1. The lowest BCUT2D eigenvalue weighted by Gasteiger charge is -1.86. The maximum absolute atomic E-state index is 2.25. The lowest BCUT2D eigenvalue weighted by molar-refractivity contribution is 0.702. The summed E-state index contributed by atoms with van der Waals surface area (Å²) in [7, 11) is 0. The van der Waals surface area contributed by atoms with E-state index in [0.29, 0.717) is 0 Å². The van der Waals surface area contributed by atoms with Crippen molar-refractivity contribution in [2.24, 2.45) is 0 Å². The van der Waals surface area contributed by atoms with Crippen LogP contribution in [0, 0.1) is 0 Å².